The molecule has 2 aromatic rings. The van der Waals surface area contributed by atoms with Gasteiger partial charge >= 0.3 is 0 Å². The number of nitrogens with two attached hydrogens (primary N) is 1. The Hall–Kier alpha value is -2.17. The molecule has 0 radical (unpaired) electrons. The molecule has 0 bridgehead atoms. The van der Waals surface area contributed by atoms with Crippen molar-refractivity contribution < 1.29 is 4.39 Å². The number of nitrogen functional groups attached to an aromatic ring is 1. The lowest BCUT2D eigenvalue weighted by Gasteiger charge is -2.08. The number of hydrogen-bond donors (Lipinski definition) is 2. The van der Waals surface area contributed by atoms with E-state index in [0.29, 0.717) is 29.3 Å². The maximum atomic E-state index is 13.5. The normalized spacial score (nSPS) is 10.4. The lowest BCUT2D eigenvalue weighted by molar-refractivity contribution is 0.608. The zero-order valence-corrected chi connectivity index (χ0v) is 10.4. The van der Waals surface area contributed by atoms with E-state index in [2.05, 4.69) is 15.3 Å². The van der Waals surface area contributed by atoms with Crippen molar-refractivity contribution >= 4 is 11.6 Å². The second-order valence-corrected chi connectivity index (χ2v) is 4.24. The molecule has 0 unspecified atom stereocenters. The summed E-state index contributed by atoms with van der Waals surface area (Å²) < 4.78 is 13.5. The van der Waals surface area contributed by atoms with E-state index in [0.717, 1.165) is 5.56 Å². The summed E-state index contributed by atoms with van der Waals surface area (Å²) in [6, 6.07) is 3.62. The van der Waals surface area contributed by atoms with Gasteiger partial charge in [0.2, 0.25) is 5.95 Å². The zero-order valence-electron chi connectivity index (χ0n) is 10.4. The van der Waals surface area contributed by atoms with Crippen LogP contribution in [0, 0.1) is 19.7 Å². The third-order valence-electron chi connectivity index (χ3n) is 2.62. The molecule has 18 heavy (non-hydrogen) atoms. The first-order chi connectivity index (χ1) is 8.56. The third-order valence-corrected chi connectivity index (χ3v) is 2.62. The molecule has 2 rings (SSSR count). The fourth-order valence-corrected chi connectivity index (χ4v) is 1.75. The molecular weight excluding hydrogens is 231 g/mol. The van der Waals surface area contributed by atoms with E-state index in [1.165, 1.54) is 12.4 Å². The van der Waals surface area contributed by atoms with Gasteiger partial charge in [0.25, 0.3) is 0 Å². The van der Waals surface area contributed by atoms with Gasteiger partial charge in [0.05, 0.1) is 18.1 Å². The highest BCUT2D eigenvalue weighted by molar-refractivity contribution is 5.37. The molecule has 3 N–H and O–H groups in total. The van der Waals surface area contributed by atoms with E-state index in [-0.39, 0.29) is 5.82 Å². The minimum Gasteiger partial charge on any atom is -0.396 e. The molecule has 5 heteroatoms. The summed E-state index contributed by atoms with van der Waals surface area (Å²) in [5, 5.41) is 3.06. The molecule has 0 saturated heterocycles. The van der Waals surface area contributed by atoms with Crippen LogP contribution >= 0.6 is 0 Å². The van der Waals surface area contributed by atoms with Gasteiger partial charge in [0.1, 0.15) is 5.82 Å². The second-order valence-electron chi connectivity index (χ2n) is 4.24. The van der Waals surface area contributed by atoms with Gasteiger partial charge in [-0.25, -0.2) is 14.4 Å². The molecule has 0 aliphatic carbocycles. The molecule has 0 aliphatic rings. The Morgan fingerprint density at radius 3 is 2.28 bits per heavy atom. The van der Waals surface area contributed by atoms with E-state index < -0.39 is 0 Å². The van der Waals surface area contributed by atoms with E-state index >= 15 is 0 Å². The summed E-state index contributed by atoms with van der Waals surface area (Å²) in [4.78, 5) is 8.07. The first kappa shape index (κ1) is 12.3. The molecular formula is C13H15FN4. The van der Waals surface area contributed by atoms with Crippen LogP contribution in [0.1, 0.15) is 16.7 Å². The molecule has 0 spiro atoms. The number of aromatic nitrogens is 2. The highest BCUT2D eigenvalue weighted by atomic mass is 19.1. The van der Waals surface area contributed by atoms with Crippen LogP contribution < -0.4 is 11.1 Å². The molecule has 94 valence electrons. The van der Waals surface area contributed by atoms with Gasteiger partial charge in [0.15, 0.2) is 0 Å². The fourth-order valence-electron chi connectivity index (χ4n) is 1.75. The van der Waals surface area contributed by atoms with E-state index in [1.54, 1.807) is 13.8 Å². The van der Waals surface area contributed by atoms with Crippen LogP contribution in [0.15, 0.2) is 24.5 Å². The topological polar surface area (TPSA) is 63.8 Å². The van der Waals surface area contributed by atoms with E-state index in [9.17, 15) is 4.39 Å². The average molecular weight is 246 g/mol. The molecule has 1 heterocycles. The zero-order chi connectivity index (χ0) is 13.1. The predicted octanol–water partition coefficient (Wildman–Crippen LogP) is 2.43. The van der Waals surface area contributed by atoms with E-state index in [4.69, 9.17) is 5.73 Å². The van der Waals surface area contributed by atoms with Crippen LogP contribution in [0.4, 0.5) is 16.0 Å². The van der Waals surface area contributed by atoms with Gasteiger partial charge < -0.3 is 11.1 Å². The quantitative estimate of drug-likeness (QED) is 0.873. The van der Waals surface area contributed by atoms with Crippen LogP contribution in [0.5, 0.6) is 0 Å². The number of hydrogen-bond acceptors (Lipinski definition) is 4. The SMILES string of the molecule is Cc1cc(CNc2ncc(N)cn2)cc(C)c1F. The molecule has 1 aromatic heterocycles. The number of aryl methyl sites for hydroxylation is 2. The summed E-state index contributed by atoms with van der Waals surface area (Å²) in [6.45, 7) is 4.06. The van der Waals surface area contributed by atoms with Gasteiger partial charge in [-0.3, -0.25) is 0 Å². The molecule has 4 nitrogen and oxygen atoms in total. The monoisotopic (exact) mass is 246 g/mol. The summed E-state index contributed by atoms with van der Waals surface area (Å²) >= 11 is 0. The maximum absolute atomic E-state index is 13.5. The minimum atomic E-state index is -0.150. The molecule has 0 aliphatic heterocycles. The van der Waals surface area contributed by atoms with Gasteiger partial charge in [0, 0.05) is 6.54 Å². The second kappa shape index (κ2) is 5.00. The van der Waals surface area contributed by atoms with Crippen molar-refractivity contribution in [1.29, 1.82) is 0 Å². The Bertz CT molecular complexity index is 528. The number of nitrogens with zero attached hydrogens (tertiary/aromatic N) is 2. The highest BCUT2D eigenvalue weighted by Gasteiger charge is 2.04. The lowest BCUT2D eigenvalue weighted by Crippen LogP contribution is -2.05. The number of rotatable bonds is 3. The maximum Gasteiger partial charge on any atom is 0.222 e. The standard InChI is InChI=1S/C13H15FN4/c1-8-3-10(4-9(2)12(8)14)5-16-13-17-6-11(15)7-18-13/h3-4,6-7H,5,15H2,1-2H3,(H,16,17,18). The van der Waals surface area contributed by atoms with Crippen molar-refractivity contribution in [3.05, 3.63) is 47.0 Å². The van der Waals surface area contributed by atoms with Crippen molar-refractivity contribution in [2.45, 2.75) is 20.4 Å². The van der Waals surface area contributed by atoms with Gasteiger partial charge in [-0.05, 0) is 30.5 Å². The Morgan fingerprint density at radius 2 is 1.72 bits per heavy atom. The van der Waals surface area contributed by atoms with Crippen molar-refractivity contribution in [2.75, 3.05) is 11.1 Å². The highest BCUT2D eigenvalue weighted by Crippen LogP contribution is 2.15. The van der Waals surface area contributed by atoms with Crippen molar-refractivity contribution in [3.63, 3.8) is 0 Å². The van der Waals surface area contributed by atoms with Crippen molar-refractivity contribution in [2.24, 2.45) is 0 Å². The molecule has 0 fully saturated rings. The van der Waals surface area contributed by atoms with E-state index in [1.807, 2.05) is 12.1 Å². The predicted molar refractivity (Wildman–Crippen MR) is 69.6 cm³/mol. The summed E-state index contributed by atoms with van der Waals surface area (Å²) in [7, 11) is 0. The summed E-state index contributed by atoms with van der Waals surface area (Å²) in [5.74, 6) is 0.353. The minimum absolute atomic E-state index is 0.150. The Labute approximate surface area is 105 Å². The van der Waals surface area contributed by atoms with Gasteiger partial charge in [-0.15, -0.1) is 0 Å². The third kappa shape index (κ3) is 2.74. The average Bonchev–Trinajstić information content (AvgIpc) is 2.35. The number of halogens is 1. The van der Waals surface area contributed by atoms with Crippen LogP contribution in [0.2, 0.25) is 0 Å². The molecule has 0 atom stereocenters. The first-order valence-corrected chi connectivity index (χ1v) is 5.63. The van der Waals surface area contributed by atoms with Crippen LogP contribution in [-0.4, -0.2) is 9.97 Å². The van der Waals surface area contributed by atoms with Gasteiger partial charge in [-0.2, -0.15) is 0 Å². The Kier molecular flexibility index (Phi) is 3.41. The first-order valence-electron chi connectivity index (χ1n) is 5.63. The number of anilines is 2. The van der Waals surface area contributed by atoms with Crippen LogP contribution in [0.3, 0.4) is 0 Å². The Balaban J connectivity index is 2.08. The lowest BCUT2D eigenvalue weighted by atomic mass is 10.1. The smallest absolute Gasteiger partial charge is 0.222 e. The molecule has 1 aromatic carbocycles. The molecule has 0 saturated carbocycles. The van der Waals surface area contributed by atoms with Crippen LogP contribution in [-0.2, 0) is 6.54 Å². The molecule has 0 amide bonds. The van der Waals surface area contributed by atoms with Crippen molar-refractivity contribution in [3.8, 4) is 0 Å². The number of nitrogens with one attached hydrogen (secondary N) is 1. The summed E-state index contributed by atoms with van der Waals surface area (Å²) in [6.07, 6.45) is 3.08. The van der Waals surface area contributed by atoms with Crippen LogP contribution in [0.25, 0.3) is 0 Å². The fraction of sp³-hybridized carbons (Fsp3) is 0.231. The van der Waals surface area contributed by atoms with Gasteiger partial charge in [-0.1, -0.05) is 12.1 Å². The van der Waals surface area contributed by atoms with Crippen molar-refractivity contribution in [1.82, 2.24) is 9.97 Å². The summed E-state index contributed by atoms with van der Waals surface area (Å²) in [5.41, 5.74) is 8.30. The number of benzene rings is 1. The Morgan fingerprint density at radius 1 is 1.17 bits per heavy atom. The largest absolute Gasteiger partial charge is 0.396 e.